The maximum Gasteiger partial charge on any atom is 0.0595 e. The summed E-state index contributed by atoms with van der Waals surface area (Å²) in [7, 11) is 0. The van der Waals surface area contributed by atoms with Crippen LogP contribution in [0.4, 0.5) is 0 Å². The molecule has 1 aromatic carbocycles. The lowest BCUT2D eigenvalue weighted by atomic mass is 9.79. The van der Waals surface area contributed by atoms with Gasteiger partial charge in [0.05, 0.1) is 10.0 Å². The van der Waals surface area contributed by atoms with E-state index in [-0.39, 0.29) is 0 Å². The predicted molar refractivity (Wildman–Crippen MR) is 90.2 cm³/mol. The summed E-state index contributed by atoms with van der Waals surface area (Å²) in [5, 5.41) is 5.13. The number of benzene rings is 1. The molecular formula is C17H24Cl2N2. The zero-order valence-corrected chi connectivity index (χ0v) is 14.2. The summed E-state index contributed by atoms with van der Waals surface area (Å²) in [5.41, 5.74) is 1.60. The first-order valence-corrected chi connectivity index (χ1v) is 8.77. The third kappa shape index (κ3) is 3.56. The van der Waals surface area contributed by atoms with E-state index in [0.29, 0.717) is 21.6 Å². The molecule has 0 amide bonds. The summed E-state index contributed by atoms with van der Waals surface area (Å²) in [4.78, 5) is 2.60. The van der Waals surface area contributed by atoms with Gasteiger partial charge >= 0.3 is 0 Å². The Hall–Kier alpha value is -0.280. The lowest BCUT2D eigenvalue weighted by Gasteiger charge is -2.49. The number of nitrogens with zero attached hydrogens (tertiary/aromatic N) is 1. The van der Waals surface area contributed by atoms with Crippen LogP contribution in [0.25, 0.3) is 0 Å². The average Bonchev–Trinajstić information content (AvgIpc) is 2.48. The molecular weight excluding hydrogens is 303 g/mol. The Kier molecular flexibility index (Phi) is 4.80. The molecule has 2 nitrogen and oxygen atoms in total. The Morgan fingerprint density at radius 2 is 1.95 bits per heavy atom. The van der Waals surface area contributed by atoms with E-state index in [4.69, 9.17) is 23.2 Å². The standard InChI is InChI=1S/C17H24Cl2N2/c1-13-10-20-17(7-3-2-4-8-17)12-21(13)11-14-5-6-15(18)16(19)9-14/h5-6,9,13,20H,2-4,7-8,10-12H2,1H3. The van der Waals surface area contributed by atoms with E-state index in [1.54, 1.807) is 0 Å². The highest BCUT2D eigenvalue weighted by atomic mass is 35.5. The number of nitrogens with one attached hydrogen (secondary N) is 1. The van der Waals surface area contributed by atoms with Gasteiger partial charge in [-0.3, -0.25) is 4.90 Å². The minimum atomic E-state index is 0.348. The van der Waals surface area contributed by atoms with Gasteiger partial charge in [0.15, 0.2) is 0 Å². The van der Waals surface area contributed by atoms with Gasteiger partial charge in [-0.2, -0.15) is 0 Å². The van der Waals surface area contributed by atoms with E-state index in [9.17, 15) is 0 Å². The third-order valence-corrected chi connectivity index (χ3v) is 5.82. The van der Waals surface area contributed by atoms with Crippen molar-refractivity contribution in [1.82, 2.24) is 10.2 Å². The second-order valence-corrected chi connectivity index (χ2v) is 7.54. The van der Waals surface area contributed by atoms with Crippen LogP contribution in [-0.4, -0.2) is 29.6 Å². The van der Waals surface area contributed by atoms with Gasteiger partial charge in [0.1, 0.15) is 0 Å². The zero-order chi connectivity index (χ0) is 14.9. The van der Waals surface area contributed by atoms with Crippen LogP contribution in [0.3, 0.4) is 0 Å². The molecule has 2 fully saturated rings. The highest BCUT2D eigenvalue weighted by Gasteiger charge is 2.38. The molecule has 21 heavy (non-hydrogen) atoms. The van der Waals surface area contributed by atoms with Gasteiger partial charge in [-0.25, -0.2) is 0 Å². The van der Waals surface area contributed by atoms with E-state index >= 15 is 0 Å². The molecule has 1 aliphatic heterocycles. The van der Waals surface area contributed by atoms with Gasteiger partial charge in [0.25, 0.3) is 0 Å². The molecule has 1 spiro atoms. The molecule has 1 saturated carbocycles. The van der Waals surface area contributed by atoms with E-state index in [0.717, 1.165) is 19.6 Å². The Balaban J connectivity index is 1.71. The first-order valence-electron chi connectivity index (χ1n) is 8.01. The molecule has 1 saturated heterocycles. The largest absolute Gasteiger partial charge is 0.308 e. The molecule has 4 heteroatoms. The van der Waals surface area contributed by atoms with Crippen LogP contribution in [0, 0.1) is 0 Å². The average molecular weight is 327 g/mol. The molecule has 3 rings (SSSR count). The van der Waals surface area contributed by atoms with Gasteiger partial charge in [0.2, 0.25) is 0 Å². The number of hydrogen-bond acceptors (Lipinski definition) is 2. The van der Waals surface area contributed by atoms with Crippen molar-refractivity contribution >= 4 is 23.2 Å². The van der Waals surface area contributed by atoms with Crippen LogP contribution in [-0.2, 0) is 6.54 Å². The molecule has 0 bridgehead atoms. The van der Waals surface area contributed by atoms with Crippen LogP contribution < -0.4 is 5.32 Å². The van der Waals surface area contributed by atoms with Crippen molar-refractivity contribution in [3.05, 3.63) is 33.8 Å². The van der Waals surface area contributed by atoms with Gasteiger partial charge in [0, 0.05) is 31.2 Å². The highest BCUT2D eigenvalue weighted by Crippen LogP contribution is 2.32. The topological polar surface area (TPSA) is 15.3 Å². The normalized spacial score (nSPS) is 26.1. The molecule has 0 radical (unpaired) electrons. The van der Waals surface area contributed by atoms with Crippen LogP contribution in [0.1, 0.15) is 44.6 Å². The molecule has 1 N–H and O–H groups in total. The molecule has 116 valence electrons. The van der Waals surface area contributed by atoms with Gasteiger partial charge in [-0.1, -0.05) is 48.5 Å². The number of rotatable bonds is 2. The molecule has 1 aliphatic carbocycles. The Bertz CT molecular complexity index is 498. The minimum absolute atomic E-state index is 0.348. The second-order valence-electron chi connectivity index (χ2n) is 6.72. The highest BCUT2D eigenvalue weighted by molar-refractivity contribution is 6.42. The second kappa shape index (κ2) is 6.45. The summed E-state index contributed by atoms with van der Waals surface area (Å²) in [6.45, 7) is 5.50. The zero-order valence-electron chi connectivity index (χ0n) is 12.7. The van der Waals surface area contributed by atoms with E-state index in [1.165, 1.54) is 37.7 Å². The molecule has 1 aromatic rings. The van der Waals surface area contributed by atoms with Crippen molar-refractivity contribution in [1.29, 1.82) is 0 Å². The SMILES string of the molecule is CC1CNC2(CCCCC2)CN1Cc1ccc(Cl)c(Cl)c1. The maximum absolute atomic E-state index is 6.15. The Labute approximate surface area is 137 Å². The van der Waals surface area contributed by atoms with E-state index in [1.807, 2.05) is 12.1 Å². The van der Waals surface area contributed by atoms with E-state index in [2.05, 4.69) is 23.2 Å². The summed E-state index contributed by atoms with van der Waals surface area (Å²) in [6, 6.07) is 6.57. The summed E-state index contributed by atoms with van der Waals surface area (Å²) >= 11 is 12.2. The van der Waals surface area contributed by atoms with Crippen molar-refractivity contribution in [2.75, 3.05) is 13.1 Å². The van der Waals surface area contributed by atoms with Crippen LogP contribution in [0.15, 0.2) is 18.2 Å². The van der Waals surface area contributed by atoms with Crippen molar-refractivity contribution in [2.45, 2.75) is 57.2 Å². The van der Waals surface area contributed by atoms with Gasteiger partial charge in [-0.15, -0.1) is 0 Å². The fourth-order valence-electron chi connectivity index (χ4n) is 3.74. The van der Waals surface area contributed by atoms with Crippen LogP contribution in [0.2, 0.25) is 10.0 Å². The fraction of sp³-hybridized carbons (Fsp3) is 0.647. The summed E-state index contributed by atoms with van der Waals surface area (Å²) in [6.07, 6.45) is 6.75. The Morgan fingerprint density at radius 3 is 2.67 bits per heavy atom. The first kappa shape index (κ1) is 15.6. The monoisotopic (exact) mass is 326 g/mol. The molecule has 2 aliphatic rings. The minimum Gasteiger partial charge on any atom is -0.308 e. The smallest absolute Gasteiger partial charge is 0.0595 e. The molecule has 1 unspecified atom stereocenters. The fourth-order valence-corrected chi connectivity index (χ4v) is 4.06. The molecule has 1 heterocycles. The van der Waals surface area contributed by atoms with Crippen LogP contribution in [0.5, 0.6) is 0 Å². The summed E-state index contributed by atoms with van der Waals surface area (Å²) in [5.74, 6) is 0. The number of piperazine rings is 1. The third-order valence-electron chi connectivity index (χ3n) is 5.08. The number of halogens is 2. The van der Waals surface area contributed by atoms with Gasteiger partial charge in [-0.05, 0) is 37.5 Å². The summed E-state index contributed by atoms with van der Waals surface area (Å²) < 4.78 is 0. The van der Waals surface area contributed by atoms with Crippen molar-refractivity contribution in [2.24, 2.45) is 0 Å². The lowest BCUT2D eigenvalue weighted by molar-refractivity contribution is 0.0573. The first-order chi connectivity index (χ1) is 10.1. The lowest BCUT2D eigenvalue weighted by Crippen LogP contribution is -2.63. The predicted octanol–water partition coefficient (Wildman–Crippen LogP) is 4.49. The van der Waals surface area contributed by atoms with Crippen LogP contribution >= 0.6 is 23.2 Å². The molecule has 1 atom stereocenters. The Morgan fingerprint density at radius 1 is 1.19 bits per heavy atom. The van der Waals surface area contributed by atoms with Crippen molar-refractivity contribution in [3.63, 3.8) is 0 Å². The van der Waals surface area contributed by atoms with Crippen molar-refractivity contribution < 1.29 is 0 Å². The maximum atomic E-state index is 6.15. The van der Waals surface area contributed by atoms with Gasteiger partial charge < -0.3 is 5.32 Å². The van der Waals surface area contributed by atoms with Crippen molar-refractivity contribution in [3.8, 4) is 0 Å². The van der Waals surface area contributed by atoms with E-state index < -0.39 is 0 Å². The number of hydrogen-bond donors (Lipinski definition) is 1. The molecule has 0 aromatic heterocycles. The quantitative estimate of drug-likeness (QED) is 0.861.